The highest BCUT2D eigenvalue weighted by Gasteiger charge is 2.38. The molecule has 0 saturated heterocycles. The van der Waals surface area contributed by atoms with Crippen molar-refractivity contribution in [3.63, 3.8) is 0 Å². The lowest BCUT2D eigenvalue weighted by molar-refractivity contribution is -0.150. The van der Waals surface area contributed by atoms with Crippen LogP contribution in [0.15, 0.2) is 48.5 Å². The smallest absolute Gasteiger partial charge is 0.407 e. The lowest BCUT2D eigenvalue weighted by Gasteiger charge is -2.39. The molecule has 0 heterocycles. The molecule has 1 unspecified atom stereocenters. The molecule has 2 aliphatic carbocycles. The molecule has 32 heavy (non-hydrogen) atoms. The molecule has 0 radical (unpaired) electrons. The van der Waals surface area contributed by atoms with Crippen LogP contribution in [0.4, 0.5) is 4.79 Å². The predicted molar refractivity (Wildman–Crippen MR) is 119 cm³/mol. The Kier molecular flexibility index (Phi) is 6.17. The van der Waals surface area contributed by atoms with Crippen LogP contribution in [0, 0.1) is 5.92 Å². The van der Waals surface area contributed by atoms with Gasteiger partial charge in [0, 0.05) is 31.5 Å². The summed E-state index contributed by atoms with van der Waals surface area (Å²) < 4.78 is 5.53. The zero-order valence-electron chi connectivity index (χ0n) is 18.3. The van der Waals surface area contributed by atoms with Crippen LogP contribution in [0.3, 0.4) is 0 Å². The van der Waals surface area contributed by atoms with Crippen molar-refractivity contribution in [2.45, 2.75) is 44.2 Å². The Labute approximate surface area is 187 Å². The van der Waals surface area contributed by atoms with Crippen LogP contribution in [0.2, 0.25) is 0 Å². The zero-order chi connectivity index (χ0) is 22.8. The van der Waals surface area contributed by atoms with Gasteiger partial charge < -0.3 is 20.1 Å². The van der Waals surface area contributed by atoms with Gasteiger partial charge in [0.15, 0.2) is 0 Å². The fourth-order valence-corrected chi connectivity index (χ4v) is 4.61. The molecular weight excluding hydrogens is 408 g/mol. The average Bonchev–Trinajstić information content (AvgIpc) is 3.04. The molecule has 1 fully saturated rings. The number of rotatable bonds is 7. The van der Waals surface area contributed by atoms with Crippen LogP contribution in [-0.2, 0) is 14.3 Å². The maximum atomic E-state index is 12.5. The molecule has 2 aromatic rings. The summed E-state index contributed by atoms with van der Waals surface area (Å²) in [5, 5.41) is 11.7. The van der Waals surface area contributed by atoms with Crippen molar-refractivity contribution in [1.29, 1.82) is 0 Å². The fourth-order valence-electron chi connectivity index (χ4n) is 4.61. The van der Waals surface area contributed by atoms with Gasteiger partial charge in [-0.05, 0) is 42.0 Å². The highest BCUT2D eigenvalue weighted by molar-refractivity contribution is 5.80. The largest absolute Gasteiger partial charge is 0.481 e. The standard InChI is InChI=1S/C25H28N2O5/c1-15(11-23(28)27(2)17-12-16(13-17)24(29)30)26-25(31)32-14-22-20-9-5-3-7-18(20)19-8-4-6-10-21(19)22/h3-10,15-17,22H,11-14H2,1-2H3,(H,26,31)(H,29,30). The van der Waals surface area contributed by atoms with E-state index in [0.717, 1.165) is 11.1 Å². The van der Waals surface area contributed by atoms with Crippen LogP contribution in [0.25, 0.3) is 11.1 Å². The van der Waals surface area contributed by atoms with E-state index in [2.05, 4.69) is 29.6 Å². The number of hydrogen-bond acceptors (Lipinski definition) is 4. The lowest BCUT2D eigenvalue weighted by atomic mass is 9.79. The molecule has 0 aromatic heterocycles. The van der Waals surface area contributed by atoms with Crippen molar-refractivity contribution >= 4 is 18.0 Å². The fraction of sp³-hybridized carbons (Fsp3) is 0.400. The second-order valence-electron chi connectivity index (χ2n) is 8.74. The molecule has 7 nitrogen and oxygen atoms in total. The van der Waals surface area contributed by atoms with Gasteiger partial charge in [-0.2, -0.15) is 0 Å². The van der Waals surface area contributed by atoms with Crippen molar-refractivity contribution in [3.8, 4) is 11.1 Å². The number of fused-ring (bicyclic) bond motifs is 3. The van der Waals surface area contributed by atoms with E-state index in [-0.39, 0.29) is 36.8 Å². The topological polar surface area (TPSA) is 95.9 Å². The Hall–Kier alpha value is -3.35. The summed E-state index contributed by atoms with van der Waals surface area (Å²) in [5.74, 6) is -1.32. The molecule has 0 aliphatic heterocycles. The van der Waals surface area contributed by atoms with Gasteiger partial charge in [-0.1, -0.05) is 48.5 Å². The summed E-state index contributed by atoms with van der Waals surface area (Å²) in [6.07, 6.45) is 0.538. The number of aliphatic carboxylic acids is 1. The Morgan fingerprint density at radius 2 is 1.62 bits per heavy atom. The highest BCUT2D eigenvalue weighted by Crippen LogP contribution is 2.44. The normalized spacial score (nSPS) is 19.8. The van der Waals surface area contributed by atoms with Crippen LogP contribution >= 0.6 is 0 Å². The highest BCUT2D eigenvalue weighted by atomic mass is 16.5. The van der Waals surface area contributed by atoms with E-state index in [1.54, 1.807) is 18.9 Å². The van der Waals surface area contributed by atoms with Gasteiger partial charge in [-0.15, -0.1) is 0 Å². The van der Waals surface area contributed by atoms with Gasteiger partial charge in [0.05, 0.1) is 5.92 Å². The molecule has 2 aliphatic rings. The quantitative estimate of drug-likeness (QED) is 0.691. The summed E-state index contributed by atoms with van der Waals surface area (Å²) in [7, 11) is 1.69. The minimum Gasteiger partial charge on any atom is -0.481 e. The SMILES string of the molecule is CC(CC(=O)N(C)C1CC(C(=O)O)C1)NC(=O)OCC1c2ccccc2-c2ccccc21. The number of alkyl carbamates (subject to hydrolysis) is 1. The molecule has 1 atom stereocenters. The van der Waals surface area contributed by atoms with Gasteiger partial charge in [0.1, 0.15) is 6.61 Å². The first-order valence-electron chi connectivity index (χ1n) is 10.9. The van der Waals surface area contributed by atoms with Gasteiger partial charge in [-0.3, -0.25) is 9.59 Å². The Bertz CT molecular complexity index is 985. The maximum Gasteiger partial charge on any atom is 0.407 e. The number of carboxylic acids is 1. The minimum atomic E-state index is -0.813. The van der Waals surface area contributed by atoms with Gasteiger partial charge in [0.25, 0.3) is 0 Å². The minimum absolute atomic E-state index is 0.0166. The van der Waals surface area contributed by atoms with Crippen LogP contribution in [0.5, 0.6) is 0 Å². The van der Waals surface area contributed by atoms with E-state index in [9.17, 15) is 14.4 Å². The van der Waals surface area contributed by atoms with Crippen molar-refractivity contribution < 1.29 is 24.2 Å². The number of hydrogen-bond donors (Lipinski definition) is 2. The molecule has 2 N–H and O–H groups in total. The Morgan fingerprint density at radius 1 is 1.06 bits per heavy atom. The predicted octanol–water partition coefficient (Wildman–Crippen LogP) is 3.63. The molecule has 4 rings (SSSR count). The van der Waals surface area contributed by atoms with Crippen LogP contribution in [0.1, 0.15) is 43.2 Å². The van der Waals surface area contributed by atoms with Gasteiger partial charge >= 0.3 is 12.1 Å². The first-order valence-corrected chi connectivity index (χ1v) is 10.9. The van der Waals surface area contributed by atoms with Gasteiger partial charge in [0.2, 0.25) is 5.91 Å². The molecular formula is C25H28N2O5. The number of carboxylic acid groups (broad SMARTS) is 1. The first kappa shape index (κ1) is 21.9. The molecule has 1 saturated carbocycles. The molecule has 2 aromatic carbocycles. The molecule has 0 spiro atoms. The first-order chi connectivity index (χ1) is 15.3. The third-order valence-electron chi connectivity index (χ3n) is 6.59. The summed E-state index contributed by atoms with van der Waals surface area (Å²) in [4.78, 5) is 37.4. The number of benzene rings is 2. The van der Waals surface area contributed by atoms with E-state index >= 15 is 0 Å². The summed E-state index contributed by atoms with van der Waals surface area (Å²) >= 11 is 0. The maximum absolute atomic E-state index is 12.5. The van der Waals surface area contributed by atoms with E-state index < -0.39 is 18.1 Å². The second-order valence-corrected chi connectivity index (χ2v) is 8.74. The van der Waals surface area contributed by atoms with E-state index in [4.69, 9.17) is 9.84 Å². The molecule has 168 valence electrons. The third kappa shape index (κ3) is 4.33. The number of carbonyl (C=O) groups is 3. The summed E-state index contributed by atoms with van der Waals surface area (Å²) in [6, 6.07) is 15.8. The summed E-state index contributed by atoms with van der Waals surface area (Å²) in [5.41, 5.74) is 4.62. The van der Waals surface area contributed by atoms with E-state index in [1.165, 1.54) is 11.1 Å². The van der Waals surface area contributed by atoms with Crippen molar-refractivity contribution in [2.24, 2.45) is 5.92 Å². The third-order valence-corrected chi connectivity index (χ3v) is 6.59. The van der Waals surface area contributed by atoms with Crippen molar-refractivity contribution in [3.05, 3.63) is 59.7 Å². The van der Waals surface area contributed by atoms with Crippen molar-refractivity contribution in [2.75, 3.05) is 13.7 Å². The lowest BCUT2D eigenvalue weighted by Crippen LogP contribution is -2.49. The Morgan fingerprint density at radius 3 is 2.19 bits per heavy atom. The van der Waals surface area contributed by atoms with Crippen molar-refractivity contribution in [1.82, 2.24) is 10.2 Å². The van der Waals surface area contributed by atoms with E-state index in [0.29, 0.717) is 12.8 Å². The number of carbonyl (C=O) groups excluding carboxylic acids is 2. The molecule has 0 bridgehead atoms. The second kappa shape index (κ2) is 9.02. The monoisotopic (exact) mass is 436 g/mol. The summed E-state index contributed by atoms with van der Waals surface area (Å²) in [6.45, 7) is 1.98. The van der Waals surface area contributed by atoms with Gasteiger partial charge in [-0.25, -0.2) is 4.79 Å². The average molecular weight is 437 g/mol. The number of nitrogens with zero attached hydrogens (tertiary/aromatic N) is 1. The number of ether oxygens (including phenoxy) is 1. The molecule has 2 amide bonds. The zero-order valence-corrected chi connectivity index (χ0v) is 18.3. The number of nitrogens with one attached hydrogen (secondary N) is 1. The Balaban J connectivity index is 1.27. The van der Waals surface area contributed by atoms with E-state index in [1.807, 2.05) is 24.3 Å². The van der Waals surface area contributed by atoms with Crippen LogP contribution in [-0.4, -0.2) is 53.7 Å². The number of amides is 2. The molecule has 7 heteroatoms. The van der Waals surface area contributed by atoms with Crippen LogP contribution < -0.4 is 5.32 Å².